The minimum atomic E-state index is -3.76. The van der Waals surface area contributed by atoms with E-state index in [1.807, 2.05) is 62.3 Å². The molecular weight excluding hydrogens is 813 g/mol. The molecule has 302 valence electrons. The van der Waals surface area contributed by atoms with E-state index in [9.17, 15) is 9.59 Å². The first-order chi connectivity index (χ1) is 24.1. The molecule has 0 saturated carbocycles. The van der Waals surface area contributed by atoms with Crippen LogP contribution in [-0.2, 0) is 59.6 Å². The van der Waals surface area contributed by atoms with Gasteiger partial charge in [-0.2, -0.15) is 0 Å². The van der Waals surface area contributed by atoms with E-state index < -0.39 is 85.8 Å². The molecule has 0 aromatic carbocycles. The molecule has 8 bridgehead atoms. The maximum Gasteiger partial charge on any atom is 0.478 e. The van der Waals surface area contributed by atoms with Gasteiger partial charge in [-0.05, 0) is 59.0 Å². The van der Waals surface area contributed by atoms with Crippen molar-refractivity contribution < 1.29 is 64.7 Å². The molecule has 23 heteroatoms. The van der Waals surface area contributed by atoms with E-state index in [4.69, 9.17) is 55.1 Å². The van der Waals surface area contributed by atoms with Crippen LogP contribution in [0.25, 0.3) is 0 Å². The van der Waals surface area contributed by atoms with Crippen LogP contribution < -0.4 is 0 Å². The molecular formula is C29H64O15Si8. The molecule has 6 rings (SSSR count). The molecule has 0 amide bonds. The van der Waals surface area contributed by atoms with E-state index in [0.717, 1.165) is 0 Å². The summed E-state index contributed by atoms with van der Waals surface area (Å²) in [6.45, 7) is 25.5. The van der Waals surface area contributed by atoms with E-state index in [0.29, 0.717) is 67.6 Å². The summed E-state index contributed by atoms with van der Waals surface area (Å²) in [6, 6.07) is 3.77. The summed E-state index contributed by atoms with van der Waals surface area (Å²) in [5.74, 6) is -0.953. The van der Waals surface area contributed by atoms with E-state index in [1.54, 1.807) is 13.8 Å². The standard InChI is InChI=1S/C23H52O13Si8.C6H12O2/c1-11-23(9,10)22(24)25-20-19-21-42-31-38(13-3)26-37(12-2)27-39(14-4)30-40(15-5,29-38)34-44(18-8,36-42)43(17-7,33-39)35-41(16-6,28-37)32-42;1-4-6(2,3)5(7)8/h11-21H2,1-10H3;4H2,1-3H3,(H,7,8). The molecule has 0 aromatic rings. The van der Waals surface area contributed by atoms with E-state index in [-0.39, 0.29) is 12.6 Å². The Morgan fingerprint density at radius 1 is 0.481 bits per heavy atom. The lowest BCUT2D eigenvalue weighted by molar-refractivity contribution is -0.154. The fourth-order valence-electron chi connectivity index (χ4n) is 6.40. The van der Waals surface area contributed by atoms with Crippen molar-refractivity contribution in [2.75, 3.05) is 6.61 Å². The summed E-state index contributed by atoms with van der Waals surface area (Å²) in [7, 11) is -28.6. The van der Waals surface area contributed by atoms with Crippen LogP contribution in [0.2, 0.25) is 48.4 Å². The Kier molecular flexibility index (Phi) is 13.7. The predicted molar refractivity (Wildman–Crippen MR) is 207 cm³/mol. The van der Waals surface area contributed by atoms with Gasteiger partial charge in [0.2, 0.25) is 0 Å². The lowest BCUT2D eigenvalue weighted by Crippen LogP contribution is -2.80. The molecule has 0 aromatic heterocycles. The van der Waals surface area contributed by atoms with Gasteiger partial charge in [-0.3, -0.25) is 9.59 Å². The molecule has 8 atom stereocenters. The van der Waals surface area contributed by atoms with Crippen LogP contribution in [0.5, 0.6) is 0 Å². The van der Waals surface area contributed by atoms with Crippen LogP contribution in [0, 0.1) is 10.8 Å². The lowest BCUT2D eigenvalue weighted by atomic mass is 9.91. The molecule has 6 aliphatic heterocycles. The molecule has 0 radical (unpaired) electrons. The Balaban J connectivity index is 0.000000677. The molecule has 1 N–H and O–H groups in total. The summed E-state index contributed by atoms with van der Waals surface area (Å²) in [5.41, 5.74) is -1.11. The fraction of sp³-hybridized carbons (Fsp3) is 0.931. The maximum atomic E-state index is 12.8. The summed E-state index contributed by atoms with van der Waals surface area (Å²) >= 11 is 0. The molecule has 0 spiro atoms. The van der Waals surface area contributed by atoms with Crippen LogP contribution in [-0.4, -0.2) is 92.6 Å². The highest BCUT2D eigenvalue weighted by molar-refractivity contribution is 7.38. The van der Waals surface area contributed by atoms with Crippen molar-refractivity contribution in [3.63, 3.8) is 0 Å². The number of rotatable bonds is 15. The number of hydrogen-bond donors (Lipinski definition) is 1. The molecule has 6 saturated heterocycles. The van der Waals surface area contributed by atoms with Crippen molar-refractivity contribution in [1.82, 2.24) is 0 Å². The van der Waals surface area contributed by atoms with Crippen molar-refractivity contribution in [2.24, 2.45) is 10.8 Å². The molecule has 15 nitrogen and oxygen atoms in total. The number of carboxylic acid groups (broad SMARTS) is 1. The average Bonchev–Trinajstić information content (AvgIpc) is 3.28. The third kappa shape index (κ3) is 8.15. The van der Waals surface area contributed by atoms with Gasteiger partial charge in [0.15, 0.2) is 0 Å². The third-order valence-corrected chi connectivity index (χ3v) is 56.2. The van der Waals surface area contributed by atoms with Gasteiger partial charge in [-0.1, -0.05) is 62.3 Å². The van der Waals surface area contributed by atoms with Gasteiger partial charge in [-0.15, -0.1) is 0 Å². The second kappa shape index (κ2) is 15.9. The number of carbonyl (C=O) groups is 2. The third-order valence-electron chi connectivity index (χ3n) is 10.9. The zero-order chi connectivity index (χ0) is 39.1. The van der Waals surface area contributed by atoms with Crippen LogP contribution in [0.3, 0.4) is 0 Å². The smallest absolute Gasteiger partial charge is 0.478 e. The van der Waals surface area contributed by atoms with Gasteiger partial charge in [0, 0.05) is 36.3 Å². The van der Waals surface area contributed by atoms with Gasteiger partial charge >= 0.3 is 80.9 Å². The minimum absolute atomic E-state index is 0.200. The number of carbonyl (C=O) groups excluding carboxylic acids is 1. The van der Waals surface area contributed by atoms with Gasteiger partial charge < -0.3 is 55.1 Å². The molecule has 52 heavy (non-hydrogen) atoms. The summed E-state index contributed by atoms with van der Waals surface area (Å²) in [4.78, 5) is 23.1. The Labute approximate surface area is 319 Å². The van der Waals surface area contributed by atoms with Crippen LogP contribution in [0.1, 0.15) is 109 Å². The molecule has 6 heterocycles. The first-order valence-corrected chi connectivity index (χ1v) is 35.9. The van der Waals surface area contributed by atoms with E-state index >= 15 is 0 Å². The number of hydrogen-bond acceptors (Lipinski definition) is 14. The molecule has 6 fully saturated rings. The number of carboxylic acids is 1. The normalized spacial score (nSPS) is 40.9. The Hall–Kier alpha value is 0.235. The molecule has 8 unspecified atom stereocenters. The van der Waals surface area contributed by atoms with E-state index in [2.05, 4.69) is 13.8 Å². The van der Waals surface area contributed by atoms with Gasteiger partial charge in [0.1, 0.15) is 0 Å². The molecule has 0 aliphatic carbocycles. The highest BCUT2D eigenvalue weighted by Gasteiger charge is 2.86. The Morgan fingerprint density at radius 2 is 0.788 bits per heavy atom. The monoisotopic (exact) mass is 876 g/mol. The van der Waals surface area contributed by atoms with Crippen LogP contribution in [0.4, 0.5) is 0 Å². The van der Waals surface area contributed by atoms with Crippen molar-refractivity contribution in [2.45, 2.75) is 158 Å². The fourth-order valence-corrected chi connectivity index (χ4v) is 69.3. The number of esters is 1. The zero-order valence-electron chi connectivity index (χ0n) is 33.6. The first-order valence-electron chi connectivity index (χ1n) is 19.3. The zero-order valence-corrected chi connectivity index (χ0v) is 41.6. The summed E-state index contributed by atoms with van der Waals surface area (Å²) < 4.78 is 85.5. The van der Waals surface area contributed by atoms with Crippen molar-refractivity contribution in [1.29, 1.82) is 0 Å². The second-order valence-electron chi connectivity index (χ2n) is 15.2. The predicted octanol–water partition coefficient (Wildman–Crippen LogP) is 6.85. The quantitative estimate of drug-likeness (QED) is 0.103. The van der Waals surface area contributed by atoms with Crippen molar-refractivity contribution in [3.8, 4) is 0 Å². The highest BCUT2D eigenvalue weighted by Crippen LogP contribution is 2.56. The van der Waals surface area contributed by atoms with Gasteiger partial charge in [0.25, 0.3) is 0 Å². The largest absolute Gasteiger partial charge is 0.481 e. The van der Waals surface area contributed by atoms with Gasteiger partial charge in [-0.25, -0.2) is 0 Å². The minimum Gasteiger partial charge on any atom is -0.481 e. The number of aliphatic carboxylic acids is 1. The van der Waals surface area contributed by atoms with Crippen molar-refractivity contribution in [3.05, 3.63) is 0 Å². The van der Waals surface area contributed by atoms with Gasteiger partial charge in [0.05, 0.1) is 17.4 Å². The SMILES string of the molecule is CCC(C)(C)C(=O)O.CCC(C)(C)C(=O)OCCC[Si]12O[Si]3(CC)O[Si]4(CC)O[Si]5(CC)O[Si](CC)(O3)O[Si](CC)(O1)[Si](CC)(O5)O[Si](CC)(O4)O2. The summed E-state index contributed by atoms with van der Waals surface area (Å²) in [5, 5.41) is 8.44. The van der Waals surface area contributed by atoms with Crippen LogP contribution >= 0.6 is 0 Å². The Morgan fingerprint density at radius 3 is 1.06 bits per heavy atom. The van der Waals surface area contributed by atoms with Crippen LogP contribution in [0.15, 0.2) is 0 Å². The summed E-state index contributed by atoms with van der Waals surface area (Å²) in [6.07, 6.45) is 1.83. The average molecular weight is 878 g/mol. The highest BCUT2D eigenvalue weighted by atomic mass is 29.3. The first kappa shape index (κ1) is 44.9. The van der Waals surface area contributed by atoms with Crippen molar-refractivity contribution >= 4 is 80.9 Å². The number of ether oxygens (including phenoxy) is 1. The van der Waals surface area contributed by atoms with E-state index in [1.165, 1.54) is 0 Å². The lowest BCUT2D eigenvalue weighted by Gasteiger charge is -2.55. The topological polar surface area (TPSA) is 165 Å². The second-order valence-corrected chi connectivity index (χ2v) is 45.4. The maximum absolute atomic E-state index is 12.8. The molecule has 6 aliphatic rings. The Bertz CT molecular complexity index is 1320.